The second kappa shape index (κ2) is 8.94. The summed E-state index contributed by atoms with van der Waals surface area (Å²) in [5.41, 5.74) is 4.46. The zero-order valence-electron chi connectivity index (χ0n) is 18.1. The topological polar surface area (TPSA) is 52.6 Å². The van der Waals surface area contributed by atoms with E-state index >= 15 is 0 Å². The number of aryl methyl sites for hydroxylation is 1. The van der Waals surface area contributed by atoms with Gasteiger partial charge in [-0.05, 0) is 74.6 Å². The van der Waals surface area contributed by atoms with Gasteiger partial charge in [0.2, 0.25) is 10.0 Å². The van der Waals surface area contributed by atoms with Crippen molar-refractivity contribution < 1.29 is 8.42 Å². The third kappa shape index (κ3) is 4.97. The van der Waals surface area contributed by atoms with E-state index in [1.54, 1.807) is 0 Å². The molecule has 2 saturated carbocycles. The minimum Gasteiger partial charge on any atom is -0.369 e. The Morgan fingerprint density at radius 1 is 1.03 bits per heavy atom. The zero-order valence-corrected chi connectivity index (χ0v) is 18.9. The Balaban J connectivity index is 1.19. The van der Waals surface area contributed by atoms with E-state index in [1.165, 1.54) is 23.2 Å². The van der Waals surface area contributed by atoms with E-state index in [0.29, 0.717) is 5.92 Å². The smallest absolute Gasteiger partial charge is 0.214 e. The Kier molecular flexibility index (Phi) is 6.52. The first-order chi connectivity index (χ1) is 14.0. The van der Waals surface area contributed by atoms with Crippen LogP contribution in [0.2, 0.25) is 0 Å². The summed E-state index contributed by atoms with van der Waals surface area (Å²) in [4.78, 5) is 5.16. The summed E-state index contributed by atoms with van der Waals surface area (Å²) in [7, 11) is -3.02. The van der Waals surface area contributed by atoms with Gasteiger partial charge in [0.05, 0.1) is 5.25 Å². The number of hydrogen-bond acceptors (Lipinski definition) is 4. The first kappa shape index (κ1) is 21.1. The van der Waals surface area contributed by atoms with Gasteiger partial charge in [0.1, 0.15) is 0 Å². The molecule has 1 aromatic carbocycles. The van der Waals surface area contributed by atoms with Gasteiger partial charge in [0, 0.05) is 37.9 Å². The summed E-state index contributed by atoms with van der Waals surface area (Å²) in [6, 6.07) is 6.98. The minimum absolute atomic E-state index is 0.0934. The van der Waals surface area contributed by atoms with E-state index in [-0.39, 0.29) is 11.3 Å². The largest absolute Gasteiger partial charge is 0.369 e. The summed E-state index contributed by atoms with van der Waals surface area (Å²) in [5.74, 6) is 0.688. The van der Waals surface area contributed by atoms with Crippen LogP contribution in [-0.2, 0) is 22.9 Å². The molecule has 5 nitrogen and oxygen atoms in total. The van der Waals surface area contributed by atoms with Crippen LogP contribution in [-0.4, -0.2) is 57.3 Å². The van der Waals surface area contributed by atoms with Crippen molar-refractivity contribution in [3.63, 3.8) is 0 Å². The molecule has 4 rings (SSSR count). The molecule has 0 spiro atoms. The average molecular weight is 420 g/mol. The van der Waals surface area contributed by atoms with Crippen LogP contribution in [0.3, 0.4) is 0 Å². The first-order valence-electron chi connectivity index (χ1n) is 11.6. The van der Waals surface area contributed by atoms with Crippen LogP contribution >= 0.6 is 0 Å². The lowest BCUT2D eigenvalue weighted by Crippen LogP contribution is -2.49. The summed E-state index contributed by atoms with van der Waals surface area (Å²) < 4.78 is 27.0. The van der Waals surface area contributed by atoms with Crippen molar-refractivity contribution in [2.24, 2.45) is 5.92 Å². The van der Waals surface area contributed by atoms with Crippen molar-refractivity contribution in [3.8, 4) is 0 Å². The molecule has 3 aliphatic rings. The summed E-state index contributed by atoms with van der Waals surface area (Å²) in [5, 5.41) is -0.0934. The van der Waals surface area contributed by atoms with Crippen molar-refractivity contribution in [1.29, 1.82) is 0 Å². The lowest BCUT2D eigenvalue weighted by Gasteiger charge is -2.40. The van der Waals surface area contributed by atoms with Crippen molar-refractivity contribution in [1.82, 2.24) is 9.62 Å². The van der Waals surface area contributed by atoms with E-state index in [1.807, 2.05) is 0 Å². The Morgan fingerprint density at radius 3 is 2.38 bits per heavy atom. The predicted molar refractivity (Wildman–Crippen MR) is 120 cm³/mol. The number of nitrogens with one attached hydrogen (secondary N) is 1. The molecule has 0 unspecified atom stereocenters. The van der Waals surface area contributed by atoms with Crippen LogP contribution in [0.1, 0.15) is 57.1 Å². The number of hydrogen-bond donors (Lipinski definition) is 1. The molecule has 0 bridgehead atoms. The number of anilines is 1. The van der Waals surface area contributed by atoms with Gasteiger partial charge in [0.15, 0.2) is 0 Å². The molecule has 6 heteroatoms. The lowest BCUT2D eigenvalue weighted by molar-refractivity contribution is 0.182. The predicted octanol–water partition coefficient (Wildman–Crippen LogP) is 3.18. The molecule has 1 aliphatic heterocycles. The third-order valence-electron chi connectivity index (χ3n) is 7.08. The monoisotopic (exact) mass is 419 g/mol. The van der Waals surface area contributed by atoms with Gasteiger partial charge >= 0.3 is 0 Å². The fourth-order valence-corrected chi connectivity index (χ4v) is 6.62. The van der Waals surface area contributed by atoms with Gasteiger partial charge in [-0.15, -0.1) is 0 Å². The molecule has 1 heterocycles. The Bertz CT molecular complexity index is 792. The third-order valence-corrected chi connectivity index (χ3v) is 9.09. The maximum absolute atomic E-state index is 12.0. The zero-order chi connectivity index (χ0) is 20.4. The van der Waals surface area contributed by atoms with Gasteiger partial charge in [-0.2, -0.15) is 0 Å². The molecular formula is C23H37N3O2S. The molecule has 0 radical (unpaired) electrons. The fourth-order valence-electron chi connectivity index (χ4n) is 5.01. The van der Waals surface area contributed by atoms with Crippen LogP contribution < -0.4 is 9.62 Å². The summed E-state index contributed by atoms with van der Waals surface area (Å²) in [6.07, 6.45) is 7.15. The molecule has 162 valence electrons. The number of rotatable bonds is 9. The molecular weight excluding hydrogens is 382 g/mol. The summed E-state index contributed by atoms with van der Waals surface area (Å²) in [6.45, 7) is 10.1. The number of piperazine rings is 1. The highest BCUT2D eigenvalue weighted by Crippen LogP contribution is 2.34. The maximum Gasteiger partial charge on any atom is 0.214 e. The Labute approximate surface area is 176 Å². The molecule has 1 saturated heterocycles. The minimum atomic E-state index is -3.02. The maximum atomic E-state index is 12.0. The molecule has 0 atom stereocenters. The average Bonchev–Trinajstić information content (AvgIpc) is 3.55. The van der Waals surface area contributed by atoms with Crippen molar-refractivity contribution in [3.05, 3.63) is 29.3 Å². The van der Waals surface area contributed by atoms with E-state index in [9.17, 15) is 8.42 Å². The summed E-state index contributed by atoms with van der Waals surface area (Å²) >= 11 is 0. The second-order valence-corrected chi connectivity index (χ2v) is 11.1. The molecule has 29 heavy (non-hydrogen) atoms. The van der Waals surface area contributed by atoms with Gasteiger partial charge < -0.3 is 4.90 Å². The quantitative estimate of drug-likeness (QED) is 0.668. The van der Waals surface area contributed by atoms with Gasteiger partial charge in [-0.1, -0.05) is 26.0 Å². The highest BCUT2D eigenvalue weighted by molar-refractivity contribution is 7.90. The van der Waals surface area contributed by atoms with Gasteiger partial charge in [0.25, 0.3) is 0 Å². The fraction of sp³-hybridized carbons (Fsp3) is 0.739. The molecule has 2 aliphatic carbocycles. The number of benzene rings is 1. The lowest BCUT2D eigenvalue weighted by atomic mass is 9.79. The van der Waals surface area contributed by atoms with Crippen LogP contribution in [0, 0.1) is 5.92 Å². The highest BCUT2D eigenvalue weighted by Gasteiger charge is 2.40. The Hall–Kier alpha value is -1.11. The normalized spacial score (nSPS) is 25.8. The molecule has 3 fully saturated rings. The first-order valence-corrected chi connectivity index (χ1v) is 13.1. The van der Waals surface area contributed by atoms with Crippen LogP contribution in [0.4, 0.5) is 5.69 Å². The molecule has 1 N–H and O–H groups in total. The molecule has 1 aromatic rings. The van der Waals surface area contributed by atoms with Crippen molar-refractivity contribution in [2.45, 2.75) is 70.1 Å². The molecule has 0 aromatic heterocycles. The highest BCUT2D eigenvalue weighted by atomic mass is 32.2. The van der Waals surface area contributed by atoms with Gasteiger partial charge in [-0.3, -0.25) is 4.90 Å². The van der Waals surface area contributed by atoms with Crippen molar-refractivity contribution >= 4 is 15.7 Å². The molecule has 0 amide bonds. The SMILES string of the molecule is CCc1cccc(N2CCN(CCC3CC(NS(=O)(=O)C4CC4)C3)CC2)c1CC. The van der Waals surface area contributed by atoms with Crippen LogP contribution in [0.5, 0.6) is 0 Å². The van der Waals surface area contributed by atoms with Gasteiger partial charge in [-0.25, -0.2) is 13.1 Å². The number of sulfonamides is 1. The van der Waals surface area contributed by atoms with E-state index < -0.39 is 10.0 Å². The second-order valence-electron chi connectivity index (χ2n) is 9.14. The van der Waals surface area contributed by atoms with E-state index in [4.69, 9.17) is 0 Å². The van der Waals surface area contributed by atoms with Crippen molar-refractivity contribution in [2.75, 3.05) is 37.6 Å². The van der Waals surface area contributed by atoms with E-state index in [0.717, 1.165) is 71.2 Å². The van der Waals surface area contributed by atoms with Crippen LogP contribution in [0.25, 0.3) is 0 Å². The standard InChI is InChI=1S/C23H37N3O2S/c1-3-19-6-5-7-23(22(19)4-2)26-14-12-25(13-15-26)11-10-18-16-20(17-18)24-29(27,28)21-8-9-21/h5-7,18,20-21,24H,3-4,8-17H2,1-2H3. The Morgan fingerprint density at radius 2 is 1.76 bits per heavy atom. The van der Waals surface area contributed by atoms with E-state index in [2.05, 4.69) is 46.6 Å². The van der Waals surface area contributed by atoms with Crippen LogP contribution in [0.15, 0.2) is 18.2 Å². The number of nitrogens with zero attached hydrogens (tertiary/aromatic N) is 2.